The molecule has 2 aliphatic heterocycles. The molecule has 0 aliphatic carbocycles. The third kappa shape index (κ3) is 5.36. The molecule has 2 aliphatic rings. The maximum Gasteiger partial charge on any atom is 0.252 e. The fraction of sp³-hybridized carbons (Fsp3) is 0.440. The van der Waals surface area contributed by atoms with E-state index in [2.05, 4.69) is 20.2 Å². The number of morpholine rings is 1. The summed E-state index contributed by atoms with van der Waals surface area (Å²) in [5.74, 6) is -1.94. The number of hydrogen-bond acceptors (Lipinski definition) is 8. The Morgan fingerprint density at radius 3 is 2.53 bits per heavy atom. The molecule has 0 radical (unpaired) electrons. The highest BCUT2D eigenvalue weighted by atomic mass is 19.3. The van der Waals surface area contributed by atoms with Crippen LogP contribution in [0.3, 0.4) is 0 Å². The number of nitrogens with two attached hydrogens (primary N) is 1. The molecule has 0 bridgehead atoms. The van der Waals surface area contributed by atoms with Crippen molar-refractivity contribution in [3.05, 3.63) is 53.9 Å². The number of fused-ring (bicyclic) bond motifs is 1. The smallest absolute Gasteiger partial charge is 0.252 e. The van der Waals surface area contributed by atoms with Crippen LogP contribution in [-0.4, -0.2) is 77.6 Å². The van der Waals surface area contributed by atoms with Crippen molar-refractivity contribution in [3.8, 4) is 0 Å². The van der Waals surface area contributed by atoms with Crippen molar-refractivity contribution in [1.82, 2.24) is 25.2 Å². The first kappa shape index (κ1) is 24.3. The number of pyridine rings is 1. The summed E-state index contributed by atoms with van der Waals surface area (Å²) in [5.41, 5.74) is 7.58. The van der Waals surface area contributed by atoms with Gasteiger partial charge in [0.15, 0.2) is 0 Å². The van der Waals surface area contributed by atoms with Gasteiger partial charge < -0.3 is 20.7 Å². The standard InChI is InChI=1S/C25H29F2N7O2/c26-25(27)6-8-33(9-7-25)21(17-14-30-24(28)31-15-17)16-29-23(35)19-2-1-3-20-18(19)4-5-22(32-20)34-10-12-36-13-11-34/h1-5,14-15,21H,6-13,16H2,(H,29,35)(H2,28,30,31). The van der Waals surface area contributed by atoms with E-state index in [-0.39, 0.29) is 50.4 Å². The van der Waals surface area contributed by atoms with Gasteiger partial charge in [0, 0.05) is 74.5 Å². The number of alkyl halides is 2. The van der Waals surface area contributed by atoms with Crippen LogP contribution in [0.4, 0.5) is 20.5 Å². The molecular formula is C25H29F2N7O2. The number of amides is 1. The summed E-state index contributed by atoms with van der Waals surface area (Å²) in [6, 6.07) is 8.94. The molecule has 1 amide bonds. The monoisotopic (exact) mass is 497 g/mol. The molecule has 3 N–H and O–H groups in total. The van der Waals surface area contributed by atoms with Crippen molar-refractivity contribution < 1.29 is 18.3 Å². The molecule has 36 heavy (non-hydrogen) atoms. The van der Waals surface area contributed by atoms with Crippen LogP contribution in [0.1, 0.15) is 34.8 Å². The SMILES string of the molecule is Nc1ncc(C(CNC(=O)c2cccc3nc(N4CCOCC4)ccc23)N2CCC(F)(F)CC2)cn1. The molecule has 2 saturated heterocycles. The van der Waals surface area contributed by atoms with E-state index in [0.29, 0.717) is 24.3 Å². The van der Waals surface area contributed by atoms with Gasteiger partial charge in [-0.15, -0.1) is 0 Å². The van der Waals surface area contributed by atoms with Crippen LogP contribution in [0.5, 0.6) is 0 Å². The minimum absolute atomic E-state index is 0.131. The first-order valence-electron chi connectivity index (χ1n) is 12.1. The molecule has 0 spiro atoms. The second kappa shape index (κ2) is 10.3. The van der Waals surface area contributed by atoms with Gasteiger partial charge >= 0.3 is 0 Å². The van der Waals surface area contributed by atoms with Crippen LogP contribution in [0.25, 0.3) is 10.9 Å². The molecule has 1 unspecified atom stereocenters. The molecule has 2 fully saturated rings. The van der Waals surface area contributed by atoms with Crippen LogP contribution in [0.2, 0.25) is 0 Å². The minimum Gasteiger partial charge on any atom is -0.378 e. The zero-order valence-corrected chi connectivity index (χ0v) is 19.9. The number of piperidine rings is 1. The highest BCUT2D eigenvalue weighted by Crippen LogP contribution is 2.32. The number of hydrogen-bond donors (Lipinski definition) is 2. The quantitative estimate of drug-likeness (QED) is 0.535. The third-order valence-corrected chi connectivity index (χ3v) is 6.80. The highest BCUT2D eigenvalue weighted by Gasteiger charge is 2.37. The molecule has 1 atom stereocenters. The number of halogens is 2. The van der Waals surface area contributed by atoms with E-state index in [0.717, 1.165) is 29.8 Å². The van der Waals surface area contributed by atoms with Gasteiger partial charge in [0.05, 0.1) is 24.8 Å². The summed E-state index contributed by atoms with van der Waals surface area (Å²) in [4.78, 5) is 30.2. The van der Waals surface area contributed by atoms with Crippen molar-refractivity contribution >= 4 is 28.6 Å². The molecule has 2 aromatic heterocycles. The predicted molar refractivity (Wildman–Crippen MR) is 132 cm³/mol. The van der Waals surface area contributed by atoms with Gasteiger partial charge in [-0.05, 0) is 24.3 Å². The fourth-order valence-electron chi connectivity index (χ4n) is 4.74. The maximum absolute atomic E-state index is 13.8. The van der Waals surface area contributed by atoms with E-state index in [1.54, 1.807) is 18.5 Å². The van der Waals surface area contributed by atoms with Crippen molar-refractivity contribution in [3.63, 3.8) is 0 Å². The number of nitrogen functional groups attached to an aromatic ring is 1. The van der Waals surface area contributed by atoms with E-state index >= 15 is 0 Å². The molecule has 0 saturated carbocycles. The van der Waals surface area contributed by atoms with Gasteiger partial charge in [-0.2, -0.15) is 0 Å². The van der Waals surface area contributed by atoms with E-state index in [1.807, 2.05) is 29.2 Å². The van der Waals surface area contributed by atoms with Crippen LogP contribution >= 0.6 is 0 Å². The first-order valence-corrected chi connectivity index (χ1v) is 12.1. The summed E-state index contributed by atoms with van der Waals surface area (Å²) in [5, 5.41) is 3.74. The van der Waals surface area contributed by atoms with Crippen LogP contribution < -0.4 is 16.0 Å². The number of ether oxygens (including phenoxy) is 1. The zero-order chi connectivity index (χ0) is 25.1. The Morgan fingerprint density at radius 1 is 1.08 bits per heavy atom. The summed E-state index contributed by atoms with van der Waals surface area (Å²) in [6.07, 6.45) is 2.71. The Hall–Kier alpha value is -3.44. The lowest BCUT2D eigenvalue weighted by Crippen LogP contribution is -2.45. The minimum atomic E-state index is -2.67. The number of carbonyl (C=O) groups is 1. The van der Waals surface area contributed by atoms with Gasteiger partial charge in [0.1, 0.15) is 5.82 Å². The summed E-state index contributed by atoms with van der Waals surface area (Å²) in [7, 11) is 0. The second-order valence-corrected chi connectivity index (χ2v) is 9.13. The van der Waals surface area contributed by atoms with Gasteiger partial charge in [-0.3, -0.25) is 9.69 Å². The Kier molecular flexibility index (Phi) is 6.92. The van der Waals surface area contributed by atoms with Crippen LogP contribution in [-0.2, 0) is 4.74 Å². The number of carbonyl (C=O) groups excluding carboxylic acids is 1. The summed E-state index contributed by atoms with van der Waals surface area (Å²) < 4.78 is 33.0. The number of benzene rings is 1. The number of likely N-dealkylation sites (tertiary alicyclic amines) is 1. The van der Waals surface area contributed by atoms with Crippen molar-refractivity contribution in [2.75, 3.05) is 56.6 Å². The van der Waals surface area contributed by atoms with E-state index in [4.69, 9.17) is 15.5 Å². The molecule has 9 nitrogen and oxygen atoms in total. The van der Waals surface area contributed by atoms with E-state index < -0.39 is 5.92 Å². The van der Waals surface area contributed by atoms with E-state index in [9.17, 15) is 13.6 Å². The lowest BCUT2D eigenvalue weighted by atomic mass is 10.0. The van der Waals surface area contributed by atoms with Gasteiger partial charge in [0.25, 0.3) is 11.8 Å². The molecule has 5 rings (SSSR count). The normalized spacial score (nSPS) is 19.2. The van der Waals surface area contributed by atoms with Crippen LogP contribution in [0.15, 0.2) is 42.7 Å². The number of rotatable bonds is 6. The number of aromatic nitrogens is 3. The van der Waals surface area contributed by atoms with Gasteiger partial charge in [-0.1, -0.05) is 6.07 Å². The molecule has 190 valence electrons. The Morgan fingerprint density at radius 2 is 1.81 bits per heavy atom. The molecular weight excluding hydrogens is 468 g/mol. The van der Waals surface area contributed by atoms with Crippen molar-refractivity contribution in [2.24, 2.45) is 0 Å². The highest BCUT2D eigenvalue weighted by molar-refractivity contribution is 6.06. The molecule has 11 heteroatoms. The van der Waals surface area contributed by atoms with Crippen molar-refractivity contribution in [2.45, 2.75) is 24.8 Å². The Bertz CT molecular complexity index is 1210. The predicted octanol–water partition coefficient (Wildman–Crippen LogP) is 2.65. The fourth-order valence-corrected chi connectivity index (χ4v) is 4.74. The average Bonchev–Trinajstić information content (AvgIpc) is 2.90. The topological polar surface area (TPSA) is 109 Å². The lowest BCUT2D eigenvalue weighted by Gasteiger charge is -2.37. The van der Waals surface area contributed by atoms with E-state index in [1.165, 1.54) is 0 Å². The first-order chi connectivity index (χ1) is 17.4. The molecule has 4 heterocycles. The Labute approximate surface area is 207 Å². The van der Waals surface area contributed by atoms with Crippen LogP contribution in [0, 0.1) is 0 Å². The lowest BCUT2D eigenvalue weighted by molar-refractivity contribution is -0.0632. The maximum atomic E-state index is 13.8. The van der Waals surface area contributed by atoms with Crippen molar-refractivity contribution in [1.29, 1.82) is 0 Å². The Balaban J connectivity index is 1.34. The largest absolute Gasteiger partial charge is 0.378 e. The van der Waals surface area contributed by atoms with Gasteiger partial charge in [0.2, 0.25) is 5.95 Å². The number of anilines is 2. The summed E-state index contributed by atoms with van der Waals surface area (Å²) >= 11 is 0. The summed E-state index contributed by atoms with van der Waals surface area (Å²) in [6.45, 7) is 3.51. The number of nitrogens with zero attached hydrogens (tertiary/aromatic N) is 5. The number of nitrogens with one attached hydrogen (secondary N) is 1. The van der Waals surface area contributed by atoms with Gasteiger partial charge in [-0.25, -0.2) is 23.7 Å². The molecule has 3 aromatic rings. The zero-order valence-electron chi connectivity index (χ0n) is 19.9. The average molecular weight is 498 g/mol. The third-order valence-electron chi connectivity index (χ3n) is 6.80. The molecule has 1 aromatic carbocycles. The second-order valence-electron chi connectivity index (χ2n) is 9.13.